The monoisotopic (exact) mass is 405 g/mol. The lowest BCUT2D eigenvalue weighted by molar-refractivity contribution is -0.141. The van der Waals surface area contributed by atoms with Crippen molar-refractivity contribution in [2.24, 2.45) is 22.2 Å². The first-order valence-corrected chi connectivity index (χ1v) is 8.73. The molecule has 0 aliphatic rings. The van der Waals surface area contributed by atoms with E-state index in [1.54, 1.807) is 0 Å². The molecule has 0 saturated heterocycles. The maximum atomic E-state index is 11.9. The number of carbonyl (C=O) groups is 4. The van der Waals surface area contributed by atoms with Crippen LogP contribution in [0.2, 0.25) is 0 Å². The fourth-order valence-electron chi connectivity index (χ4n) is 1.79. The first-order chi connectivity index (χ1) is 12.6. The molecular weight excluding hydrogens is 378 g/mol. The van der Waals surface area contributed by atoms with Crippen LogP contribution in [0.15, 0.2) is 4.99 Å². The van der Waals surface area contributed by atoms with E-state index < -0.39 is 48.4 Å². The highest BCUT2D eigenvalue weighted by molar-refractivity contribution is 7.80. The van der Waals surface area contributed by atoms with Crippen molar-refractivity contribution in [3.8, 4) is 0 Å². The number of nitrogens with one attached hydrogen (secondary N) is 3. The number of thiol groups is 1. The highest BCUT2D eigenvalue weighted by atomic mass is 32.1. The van der Waals surface area contributed by atoms with Crippen LogP contribution in [0.4, 0.5) is 0 Å². The van der Waals surface area contributed by atoms with Crippen molar-refractivity contribution < 1.29 is 24.3 Å². The number of carboxylic acid groups (broad SMARTS) is 1. The standard InChI is InChI=1S/C14H27N7O5S/c1-7(20-12(24)8(15)3-2-4-18-14(16)17)11(23)19-5-10(22)21-9(6-27)13(25)26/h7-9,27H,2-6,15H2,1H3,(H,19,23)(H,20,24)(H,21,22)(H,25,26)(H4,16,17,18). The van der Waals surface area contributed by atoms with E-state index in [0.29, 0.717) is 19.4 Å². The lowest BCUT2D eigenvalue weighted by Crippen LogP contribution is -2.52. The second kappa shape index (κ2) is 12.8. The van der Waals surface area contributed by atoms with Gasteiger partial charge in [0.05, 0.1) is 12.6 Å². The molecule has 13 heteroatoms. The smallest absolute Gasteiger partial charge is 0.327 e. The van der Waals surface area contributed by atoms with Gasteiger partial charge in [-0.25, -0.2) is 4.79 Å². The van der Waals surface area contributed by atoms with Gasteiger partial charge in [-0.1, -0.05) is 0 Å². The molecule has 10 N–H and O–H groups in total. The average molecular weight is 405 g/mol. The number of carboxylic acids is 1. The summed E-state index contributed by atoms with van der Waals surface area (Å²) in [6, 6.07) is -2.94. The molecule has 154 valence electrons. The quantitative estimate of drug-likeness (QED) is 0.0703. The molecule has 0 rings (SSSR count). The van der Waals surface area contributed by atoms with Crippen LogP contribution < -0.4 is 33.2 Å². The SMILES string of the molecule is CC(NC(=O)C(N)CCCN=C(N)N)C(=O)NCC(=O)NC(CS)C(=O)O. The predicted molar refractivity (Wildman–Crippen MR) is 102 cm³/mol. The Morgan fingerprint density at radius 3 is 2.30 bits per heavy atom. The molecule has 0 spiro atoms. The zero-order valence-electron chi connectivity index (χ0n) is 15.0. The predicted octanol–water partition coefficient (Wildman–Crippen LogP) is -3.51. The molecule has 12 nitrogen and oxygen atoms in total. The molecule has 0 aromatic carbocycles. The average Bonchev–Trinajstić information content (AvgIpc) is 2.60. The van der Waals surface area contributed by atoms with Crippen LogP contribution in [0, 0.1) is 0 Å². The lowest BCUT2D eigenvalue weighted by atomic mass is 10.1. The lowest BCUT2D eigenvalue weighted by Gasteiger charge is -2.17. The summed E-state index contributed by atoms with van der Waals surface area (Å²) in [5.41, 5.74) is 16.1. The molecular formula is C14H27N7O5S. The van der Waals surface area contributed by atoms with Gasteiger partial charge in [0.1, 0.15) is 12.1 Å². The maximum absolute atomic E-state index is 11.9. The largest absolute Gasteiger partial charge is 0.480 e. The highest BCUT2D eigenvalue weighted by Crippen LogP contribution is 1.96. The van der Waals surface area contributed by atoms with Gasteiger partial charge >= 0.3 is 5.97 Å². The van der Waals surface area contributed by atoms with E-state index in [1.165, 1.54) is 6.92 Å². The van der Waals surface area contributed by atoms with Gasteiger partial charge in [0.25, 0.3) is 0 Å². The van der Waals surface area contributed by atoms with Gasteiger partial charge in [-0.15, -0.1) is 0 Å². The Kier molecular flexibility index (Phi) is 11.6. The van der Waals surface area contributed by atoms with E-state index >= 15 is 0 Å². The molecule has 3 amide bonds. The normalized spacial score (nSPS) is 13.6. The van der Waals surface area contributed by atoms with Gasteiger partial charge in [-0.05, 0) is 19.8 Å². The van der Waals surface area contributed by atoms with Crippen molar-refractivity contribution in [1.29, 1.82) is 0 Å². The van der Waals surface area contributed by atoms with Gasteiger partial charge in [0.2, 0.25) is 17.7 Å². The number of hydrogen-bond donors (Lipinski definition) is 8. The molecule has 0 saturated carbocycles. The molecule has 0 aliphatic carbocycles. The van der Waals surface area contributed by atoms with Crippen molar-refractivity contribution in [2.45, 2.75) is 37.9 Å². The zero-order chi connectivity index (χ0) is 21.0. The van der Waals surface area contributed by atoms with E-state index in [2.05, 4.69) is 33.6 Å². The molecule has 3 unspecified atom stereocenters. The summed E-state index contributed by atoms with van der Waals surface area (Å²) in [6.07, 6.45) is 0.808. The topological polar surface area (TPSA) is 215 Å². The number of hydrogen-bond acceptors (Lipinski definition) is 7. The van der Waals surface area contributed by atoms with Crippen molar-refractivity contribution in [1.82, 2.24) is 16.0 Å². The number of aliphatic carboxylic acids is 1. The van der Waals surface area contributed by atoms with Crippen LogP contribution in [0.1, 0.15) is 19.8 Å². The number of aliphatic imine (C=N–C) groups is 1. The number of nitrogens with two attached hydrogens (primary N) is 3. The van der Waals surface area contributed by atoms with E-state index in [1.807, 2.05) is 0 Å². The highest BCUT2D eigenvalue weighted by Gasteiger charge is 2.21. The summed E-state index contributed by atoms with van der Waals surface area (Å²) in [5, 5.41) is 15.7. The summed E-state index contributed by atoms with van der Waals surface area (Å²) in [4.78, 5) is 50.0. The summed E-state index contributed by atoms with van der Waals surface area (Å²) < 4.78 is 0. The molecule has 3 atom stereocenters. The van der Waals surface area contributed by atoms with Crippen LogP contribution in [0.3, 0.4) is 0 Å². The maximum Gasteiger partial charge on any atom is 0.327 e. The molecule has 0 aromatic heterocycles. The Morgan fingerprint density at radius 1 is 1.15 bits per heavy atom. The Hall–Kier alpha value is -2.54. The minimum Gasteiger partial charge on any atom is -0.480 e. The Balaban J connectivity index is 4.25. The van der Waals surface area contributed by atoms with Crippen molar-refractivity contribution >= 4 is 42.3 Å². The van der Waals surface area contributed by atoms with E-state index in [4.69, 9.17) is 22.3 Å². The third kappa shape index (κ3) is 10.9. The number of nitrogens with zero attached hydrogens (tertiary/aromatic N) is 1. The van der Waals surface area contributed by atoms with Gasteiger partial charge in [0, 0.05) is 12.3 Å². The Morgan fingerprint density at radius 2 is 1.78 bits per heavy atom. The first-order valence-electron chi connectivity index (χ1n) is 8.10. The minimum absolute atomic E-state index is 0.0496. The third-order valence-corrected chi connectivity index (χ3v) is 3.66. The van der Waals surface area contributed by atoms with Crippen LogP contribution in [0.25, 0.3) is 0 Å². The molecule has 0 aromatic rings. The van der Waals surface area contributed by atoms with Crippen LogP contribution >= 0.6 is 12.6 Å². The van der Waals surface area contributed by atoms with Crippen molar-refractivity contribution in [2.75, 3.05) is 18.8 Å². The molecule has 0 aliphatic heterocycles. The van der Waals surface area contributed by atoms with Crippen molar-refractivity contribution in [3.63, 3.8) is 0 Å². The van der Waals surface area contributed by atoms with E-state index in [9.17, 15) is 19.2 Å². The number of guanidine groups is 1. The number of rotatable bonds is 12. The van der Waals surface area contributed by atoms with Crippen LogP contribution in [-0.2, 0) is 19.2 Å². The van der Waals surface area contributed by atoms with Gasteiger partial charge in [-0.3, -0.25) is 19.4 Å². The Bertz CT molecular complexity index is 568. The molecule has 0 radical (unpaired) electrons. The van der Waals surface area contributed by atoms with Crippen molar-refractivity contribution in [3.05, 3.63) is 0 Å². The van der Waals surface area contributed by atoms with E-state index in [-0.39, 0.29) is 11.7 Å². The Labute approximate surface area is 162 Å². The van der Waals surface area contributed by atoms with Gasteiger partial charge in [-0.2, -0.15) is 12.6 Å². The summed E-state index contributed by atoms with van der Waals surface area (Å²) >= 11 is 3.81. The van der Waals surface area contributed by atoms with Gasteiger partial charge < -0.3 is 38.3 Å². The third-order valence-electron chi connectivity index (χ3n) is 3.30. The van der Waals surface area contributed by atoms with Crippen LogP contribution in [-0.4, -0.2) is 71.7 Å². The van der Waals surface area contributed by atoms with Crippen LogP contribution in [0.5, 0.6) is 0 Å². The second-order valence-corrected chi connectivity index (χ2v) is 6.01. The minimum atomic E-state index is -1.24. The number of carbonyl (C=O) groups excluding carboxylic acids is 3. The zero-order valence-corrected chi connectivity index (χ0v) is 15.9. The fourth-order valence-corrected chi connectivity index (χ4v) is 2.04. The summed E-state index contributed by atoms with van der Waals surface area (Å²) in [7, 11) is 0. The molecule has 0 heterocycles. The fraction of sp³-hybridized carbons (Fsp3) is 0.643. The van der Waals surface area contributed by atoms with Gasteiger partial charge in [0.15, 0.2) is 5.96 Å². The summed E-state index contributed by atoms with van der Waals surface area (Å²) in [5.74, 6) is -3.23. The van der Waals surface area contributed by atoms with E-state index in [0.717, 1.165) is 0 Å². The molecule has 0 bridgehead atoms. The summed E-state index contributed by atoms with van der Waals surface area (Å²) in [6.45, 7) is 1.31. The first kappa shape index (κ1) is 24.5. The molecule has 27 heavy (non-hydrogen) atoms. The molecule has 0 fully saturated rings. The second-order valence-electron chi connectivity index (χ2n) is 5.64. The number of amides is 3.